The van der Waals surface area contributed by atoms with Crippen LogP contribution in [0.1, 0.15) is 129 Å². The second kappa shape index (κ2) is 33.0. The summed E-state index contributed by atoms with van der Waals surface area (Å²) in [6.07, 6.45) is 41.3. The number of carbonyl (C=O) groups is 2. The number of phosphoric ester groups is 1. The molecule has 4 atom stereocenters. The van der Waals surface area contributed by atoms with Gasteiger partial charge in [-0.2, -0.15) is 0 Å². The van der Waals surface area contributed by atoms with E-state index in [0.717, 1.165) is 77.0 Å². The van der Waals surface area contributed by atoms with Gasteiger partial charge in [0.1, 0.15) is 6.61 Å². The van der Waals surface area contributed by atoms with Crippen LogP contribution >= 0.6 is 7.82 Å². The monoisotopic (exact) mass is 749 g/mol. The zero-order chi connectivity index (χ0) is 38.0. The number of carbonyl (C=O) groups excluding carboxylic acids is 2. The van der Waals surface area contributed by atoms with Crippen LogP contribution < -0.4 is 5.73 Å². The number of unbranched alkanes of at least 4 members (excludes halogenated alkanes) is 7. The number of nitrogens with two attached hydrogens (primary N) is 1. The molecule has 296 valence electrons. The lowest BCUT2D eigenvalue weighted by molar-refractivity contribution is -0.161. The van der Waals surface area contributed by atoms with Gasteiger partial charge in [0.15, 0.2) is 6.10 Å². The minimum Gasteiger partial charge on any atom is -0.462 e. The van der Waals surface area contributed by atoms with Crippen LogP contribution in [0.15, 0.2) is 72.9 Å². The highest BCUT2D eigenvalue weighted by molar-refractivity contribution is 7.47. The molecule has 1 fully saturated rings. The maximum absolute atomic E-state index is 12.5. The largest absolute Gasteiger partial charge is 0.472 e. The number of hydrogen-bond acceptors (Lipinski definition) is 9. The highest BCUT2D eigenvalue weighted by Gasteiger charge is 2.36. The van der Waals surface area contributed by atoms with Crippen molar-refractivity contribution in [3.8, 4) is 0 Å². The lowest BCUT2D eigenvalue weighted by atomic mass is 10.1. The Morgan fingerprint density at radius 3 is 1.92 bits per heavy atom. The number of epoxide rings is 1. The highest BCUT2D eigenvalue weighted by Crippen LogP contribution is 2.43. The number of hydrogen-bond donors (Lipinski definition) is 2. The maximum Gasteiger partial charge on any atom is 0.472 e. The van der Waals surface area contributed by atoms with Crippen molar-refractivity contribution >= 4 is 19.8 Å². The van der Waals surface area contributed by atoms with Gasteiger partial charge in [-0.1, -0.05) is 119 Å². The van der Waals surface area contributed by atoms with Crippen molar-refractivity contribution in [2.24, 2.45) is 5.73 Å². The van der Waals surface area contributed by atoms with Gasteiger partial charge >= 0.3 is 19.8 Å². The van der Waals surface area contributed by atoms with Gasteiger partial charge in [0, 0.05) is 19.4 Å². The molecule has 0 saturated carbocycles. The summed E-state index contributed by atoms with van der Waals surface area (Å²) in [7, 11) is -4.40. The summed E-state index contributed by atoms with van der Waals surface area (Å²) in [5, 5.41) is 0. The molecule has 0 aromatic rings. The third-order valence-electron chi connectivity index (χ3n) is 7.99. The third-order valence-corrected chi connectivity index (χ3v) is 8.98. The molecule has 3 N–H and O–H groups in total. The van der Waals surface area contributed by atoms with Gasteiger partial charge in [0.25, 0.3) is 0 Å². The molecule has 1 aliphatic rings. The number of esters is 2. The van der Waals surface area contributed by atoms with E-state index < -0.39 is 32.5 Å². The normalized spacial score (nSPS) is 18.1. The smallest absolute Gasteiger partial charge is 0.462 e. The van der Waals surface area contributed by atoms with Crippen molar-refractivity contribution < 1.29 is 42.3 Å². The molecule has 0 radical (unpaired) electrons. The van der Waals surface area contributed by atoms with Gasteiger partial charge in [-0.05, 0) is 70.6 Å². The molecule has 0 amide bonds. The second-order valence-corrected chi connectivity index (χ2v) is 14.3. The maximum atomic E-state index is 12.5. The zero-order valence-corrected chi connectivity index (χ0v) is 32.8. The lowest BCUT2D eigenvalue weighted by Crippen LogP contribution is -2.29. The molecule has 1 rings (SSSR count). The highest BCUT2D eigenvalue weighted by atomic mass is 31.2. The number of allylic oxidation sites excluding steroid dienone is 10. The topological polar surface area (TPSA) is 147 Å². The first kappa shape index (κ1) is 47.4. The summed E-state index contributed by atoms with van der Waals surface area (Å²) >= 11 is 0. The second-order valence-electron chi connectivity index (χ2n) is 12.8. The van der Waals surface area contributed by atoms with Gasteiger partial charge in [-0.15, -0.1) is 0 Å². The van der Waals surface area contributed by atoms with Crippen molar-refractivity contribution in [3.05, 3.63) is 72.9 Å². The fourth-order valence-electron chi connectivity index (χ4n) is 4.97. The van der Waals surface area contributed by atoms with Crippen LogP contribution in [-0.4, -0.2) is 61.5 Å². The number of rotatable bonds is 34. The molecule has 52 heavy (non-hydrogen) atoms. The fraction of sp³-hybridized carbons (Fsp3) is 0.659. The molecule has 11 heteroatoms. The summed E-state index contributed by atoms with van der Waals surface area (Å²) in [6, 6.07) is 0. The lowest BCUT2D eigenvalue weighted by Gasteiger charge is -2.19. The van der Waals surface area contributed by atoms with Crippen molar-refractivity contribution in [2.75, 3.05) is 26.4 Å². The van der Waals surface area contributed by atoms with Crippen molar-refractivity contribution in [1.29, 1.82) is 0 Å². The Bertz CT molecular complexity index is 1150. The summed E-state index contributed by atoms with van der Waals surface area (Å²) < 4.78 is 38.2. The molecule has 1 aliphatic heterocycles. The van der Waals surface area contributed by atoms with E-state index in [1.165, 1.54) is 12.8 Å². The van der Waals surface area contributed by atoms with E-state index in [2.05, 4.69) is 74.6 Å². The summed E-state index contributed by atoms with van der Waals surface area (Å²) in [6.45, 7) is 3.44. The molecule has 0 bridgehead atoms. The summed E-state index contributed by atoms with van der Waals surface area (Å²) in [5.41, 5.74) is 5.32. The average Bonchev–Trinajstić information content (AvgIpc) is 3.88. The Hall–Kier alpha value is -2.59. The van der Waals surface area contributed by atoms with Crippen molar-refractivity contribution in [3.63, 3.8) is 0 Å². The fourth-order valence-corrected chi connectivity index (χ4v) is 5.74. The van der Waals surface area contributed by atoms with E-state index in [1.54, 1.807) is 0 Å². The first-order valence-corrected chi connectivity index (χ1v) is 21.0. The van der Waals surface area contributed by atoms with Crippen LogP contribution in [0.4, 0.5) is 0 Å². The van der Waals surface area contributed by atoms with Gasteiger partial charge in [-0.3, -0.25) is 18.6 Å². The molecular formula is C41H68NO9P. The minimum absolute atomic E-state index is 0.0354. The van der Waals surface area contributed by atoms with E-state index >= 15 is 0 Å². The van der Waals surface area contributed by atoms with Crippen LogP contribution in [0.3, 0.4) is 0 Å². The number of ether oxygens (including phenoxy) is 3. The molecule has 0 aromatic carbocycles. The first-order valence-electron chi connectivity index (χ1n) is 19.5. The van der Waals surface area contributed by atoms with Crippen LogP contribution in [-0.2, 0) is 37.4 Å². The average molecular weight is 750 g/mol. The third kappa shape index (κ3) is 29.9. The van der Waals surface area contributed by atoms with Crippen LogP contribution in [0.2, 0.25) is 0 Å². The quantitative estimate of drug-likeness (QED) is 0.0214. The predicted molar refractivity (Wildman–Crippen MR) is 210 cm³/mol. The molecule has 0 spiro atoms. The van der Waals surface area contributed by atoms with Gasteiger partial charge in [0.05, 0.1) is 25.4 Å². The predicted octanol–water partition coefficient (Wildman–Crippen LogP) is 9.70. The van der Waals surface area contributed by atoms with E-state index in [9.17, 15) is 19.0 Å². The van der Waals surface area contributed by atoms with E-state index in [-0.39, 0.29) is 32.6 Å². The molecular weight excluding hydrogens is 681 g/mol. The Labute approximate surface area is 314 Å². The minimum atomic E-state index is -4.40. The Morgan fingerprint density at radius 1 is 0.692 bits per heavy atom. The van der Waals surface area contributed by atoms with Gasteiger partial charge < -0.3 is 24.8 Å². The zero-order valence-electron chi connectivity index (χ0n) is 32.0. The molecule has 0 aromatic heterocycles. The Kier molecular flexibility index (Phi) is 30.1. The summed E-state index contributed by atoms with van der Waals surface area (Å²) in [5.74, 6) is -0.952. The standard InChI is InChI=1S/C41H68NO9P/c1-3-5-7-8-9-10-13-17-20-23-27-31-40(43)47-35-37(36-49-52(45,46)48-34-33-42)50-41(44)32-28-24-21-18-15-12-11-14-16-19-22-26-30-39-38(51-39)29-25-6-4-2/h6,8-9,12,14-16,21-22,24-26,37-39H,3-5,7,10-11,13,17-20,23,27-36,42H2,1-2H3,(H,45,46)/b9-8-,15-12-,16-14-,24-21-,25-6-,26-22-/t37-,38?,39?/m1/s1. The van der Waals surface area contributed by atoms with Gasteiger partial charge in [-0.25, -0.2) is 4.57 Å². The van der Waals surface area contributed by atoms with Crippen LogP contribution in [0, 0.1) is 0 Å². The Morgan fingerprint density at radius 2 is 1.27 bits per heavy atom. The van der Waals surface area contributed by atoms with Crippen molar-refractivity contribution in [2.45, 2.75) is 148 Å². The molecule has 3 unspecified atom stereocenters. The van der Waals surface area contributed by atoms with E-state index in [1.807, 2.05) is 12.2 Å². The van der Waals surface area contributed by atoms with E-state index in [4.69, 9.17) is 29.0 Å². The van der Waals surface area contributed by atoms with Crippen LogP contribution in [0.5, 0.6) is 0 Å². The van der Waals surface area contributed by atoms with Crippen molar-refractivity contribution in [1.82, 2.24) is 0 Å². The first-order chi connectivity index (χ1) is 25.3. The van der Waals surface area contributed by atoms with Crippen LogP contribution in [0.25, 0.3) is 0 Å². The molecule has 0 aliphatic carbocycles. The summed E-state index contributed by atoms with van der Waals surface area (Å²) in [4.78, 5) is 34.7. The molecule has 10 nitrogen and oxygen atoms in total. The van der Waals surface area contributed by atoms with Gasteiger partial charge in [0.2, 0.25) is 0 Å². The molecule has 1 saturated heterocycles. The SMILES string of the molecule is CC/C=C\CC1OC1C/C=C\C/C=C\C/C=C\C/C=C\CCC(=O)O[C@H](COC(=O)CCCCCCC/C=C\CCCC)COP(=O)(O)OCCN. The molecule has 1 heterocycles. The Balaban J connectivity index is 2.28. The van der Waals surface area contributed by atoms with E-state index in [0.29, 0.717) is 25.0 Å². The number of phosphoric acid groups is 1.